The highest BCUT2D eigenvalue weighted by Gasteiger charge is 2.21. The Morgan fingerprint density at radius 1 is 1.04 bits per heavy atom. The molecule has 1 aliphatic rings. The first kappa shape index (κ1) is 18.7. The van der Waals surface area contributed by atoms with Gasteiger partial charge in [0.05, 0.1) is 0 Å². The molecule has 1 heterocycles. The lowest BCUT2D eigenvalue weighted by Gasteiger charge is -2.34. The number of rotatable bonds is 5. The Morgan fingerprint density at radius 3 is 2.42 bits per heavy atom. The molecule has 3 rings (SSSR count). The molecule has 0 unspecified atom stereocenters. The van der Waals surface area contributed by atoms with E-state index in [0.717, 1.165) is 56.3 Å². The molecular formula is C21H26ClN3O. The number of carbonyl (C=O) groups is 1. The summed E-state index contributed by atoms with van der Waals surface area (Å²) in [5.74, 6) is 0. The number of para-hydroxylation sites is 1. The first-order valence-corrected chi connectivity index (χ1v) is 9.64. The van der Waals surface area contributed by atoms with Crippen LogP contribution in [0.25, 0.3) is 0 Å². The van der Waals surface area contributed by atoms with Crippen LogP contribution in [0, 0.1) is 0 Å². The normalized spacial score (nSPS) is 15.1. The fourth-order valence-electron chi connectivity index (χ4n) is 3.26. The minimum Gasteiger partial charge on any atom is -0.322 e. The first-order chi connectivity index (χ1) is 12.7. The van der Waals surface area contributed by atoms with Crippen molar-refractivity contribution in [2.45, 2.75) is 19.8 Å². The van der Waals surface area contributed by atoms with Crippen LogP contribution in [0.2, 0.25) is 5.02 Å². The lowest BCUT2D eigenvalue weighted by atomic mass is 10.1. The average molecular weight is 372 g/mol. The van der Waals surface area contributed by atoms with Gasteiger partial charge in [-0.2, -0.15) is 0 Å². The Morgan fingerprint density at radius 2 is 1.73 bits per heavy atom. The molecule has 2 aromatic rings. The van der Waals surface area contributed by atoms with Crippen LogP contribution in [0.1, 0.15) is 18.1 Å². The number of piperazine rings is 1. The van der Waals surface area contributed by atoms with E-state index in [0.29, 0.717) is 0 Å². The summed E-state index contributed by atoms with van der Waals surface area (Å²) in [6.07, 6.45) is 1.92. The number of hydrogen-bond acceptors (Lipinski definition) is 2. The molecule has 0 saturated carbocycles. The van der Waals surface area contributed by atoms with Crippen LogP contribution in [0.3, 0.4) is 0 Å². The summed E-state index contributed by atoms with van der Waals surface area (Å²) in [7, 11) is 0. The van der Waals surface area contributed by atoms with Crippen LogP contribution < -0.4 is 5.32 Å². The van der Waals surface area contributed by atoms with Crippen molar-refractivity contribution in [2.24, 2.45) is 0 Å². The fourth-order valence-corrected chi connectivity index (χ4v) is 3.38. The van der Waals surface area contributed by atoms with E-state index >= 15 is 0 Å². The molecule has 0 aromatic heterocycles. The van der Waals surface area contributed by atoms with E-state index < -0.39 is 0 Å². The van der Waals surface area contributed by atoms with Gasteiger partial charge in [-0.25, -0.2) is 4.79 Å². The zero-order chi connectivity index (χ0) is 18.4. The molecule has 0 radical (unpaired) electrons. The molecule has 1 fully saturated rings. The van der Waals surface area contributed by atoms with Crippen molar-refractivity contribution in [3.63, 3.8) is 0 Å². The van der Waals surface area contributed by atoms with Crippen LogP contribution >= 0.6 is 11.6 Å². The van der Waals surface area contributed by atoms with Crippen molar-refractivity contribution in [2.75, 3.05) is 38.0 Å². The highest BCUT2D eigenvalue weighted by atomic mass is 35.5. The Bertz CT molecular complexity index is 724. The van der Waals surface area contributed by atoms with Crippen molar-refractivity contribution < 1.29 is 4.79 Å². The van der Waals surface area contributed by atoms with Crippen LogP contribution in [0.4, 0.5) is 10.5 Å². The van der Waals surface area contributed by atoms with Gasteiger partial charge in [0.25, 0.3) is 0 Å². The summed E-state index contributed by atoms with van der Waals surface area (Å²) in [5, 5.41) is 3.84. The molecule has 1 saturated heterocycles. The molecule has 5 heteroatoms. The quantitative estimate of drug-likeness (QED) is 0.850. The van der Waals surface area contributed by atoms with E-state index in [9.17, 15) is 4.79 Å². The third-order valence-electron chi connectivity index (χ3n) is 4.93. The second-order valence-electron chi connectivity index (χ2n) is 6.65. The van der Waals surface area contributed by atoms with Gasteiger partial charge in [0.1, 0.15) is 0 Å². The molecule has 26 heavy (non-hydrogen) atoms. The van der Waals surface area contributed by atoms with E-state index in [1.54, 1.807) is 0 Å². The number of amides is 2. The smallest absolute Gasteiger partial charge is 0.321 e. The second kappa shape index (κ2) is 9.06. The molecule has 2 amide bonds. The predicted molar refractivity (Wildman–Crippen MR) is 108 cm³/mol. The molecule has 0 spiro atoms. The van der Waals surface area contributed by atoms with E-state index in [4.69, 9.17) is 11.6 Å². The van der Waals surface area contributed by atoms with Gasteiger partial charge in [0.15, 0.2) is 0 Å². The van der Waals surface area contributed by atoms with Crippen molar-refractivity contribution in [3.8, 4) is 0 Å². The number of benzene rings is 2. The SMILES string of the molecule is CCc1ccccc1NC(=O)N1CCN(CCc2ccc(Cl)cc2)CC1. The van der Waals surface area contributed by atoms with Gasteiger partial charge in [-0.1, -0.05) is 48.9 Å². The summed E-state index contributed by atoms with van der Waals surface area (Å²) in [6, 6.07) is 16.0. The Kier molecular flexibility index (Phi) is 6.53. The molecule has 0 bridgehead atoms. The topological polar surface area (TPSA) is 35.6 Å². The minimum absolute atomic E-state index is 0.00301. The molecule has 4 nitrogen and oxygen atoms in total. The van der Waals surface area contributed by atoms with Crippen molar-refractivity contribution in [1.29, 1.82) is 0 Å². The minimum atomic E-state index is 0.00301. The highest BCUT2D eigenvalue weighted by Crippen LogP contribution is 2.17. The maximum absolute atomic E-state index is 12.5. The predicted octanol–water partition coefficient (Wildman–Crippen LogP) is 4.29. The standard InChI is InChI=1S/C21H26ClN3O/c1-2-18-5-3-4-6-20(18)23-21(26)25-15-13-24(14-16-25)12-11-17-7-9-19(22)10-8-17/h3-10H,2,11-16H2,1H3,(H,23,26). The van der Waals surface area contributed by atoms with E-state index in [1.807, 2.05) is 35.2 Å². The molecule has 1 N–H and O–H groups in total. The maximum atomic E-state index is 12.5. The first-order valence-electron chi connectivity index (χ1n) is 9.26. The largest absolute Gasteiger partial charge is 0.322 e. The molecule has 0 aliphatic carbocycles. The summed E-state index contributed by atoms with van der Waals surface area (Å²) >= 11 is 5.93. The van der Waals surface area contributed by atoms with Crippen molar-refractivity contribution >= 4 is 23.3 Å². The van der Waals surface area contributed by atoms with Gasteiger partial charge in [-0.3, -0.25) is 4.90 Å². The number of carbonyl (C=O) groups excluding carboxylic acids is 1. The number of urea groups is 1. The third kappa shape index (κ3) is 4.99. The second-order valence-corrected chi connectivity index (χ2v) is 7.08. The van der Waals surface area contributed by atoms with Crippen molar-refractivity contribution in [1.82, 2.24) is 9.80 Å². The number of nitrogens with zero attached hydrogens (tertiary/aromatic N) is 2. The monoisotopic (exact) mass is 371 g/mol. The Hall–Kier alpha value is -2.04. The van der Waals surface area contributed by atoms with E-state index in [2.05, 4.69) is 35.3 Å². The fraction of sp³-hybridized carbons (Fsp3) is 0.381. The lowest BCUT2D eigenvalue weighted by molar-refractivity contribution is 0.148. The number of hydrogen-bond donors (Lipinski definition) is 1. The Labute approximate surface area is 160 Å². The summed E-state index contributed by atoms with van der Waals surface area (Å²) in [6.45, 7) is 6.47. The zero-order valence-electron chi connectivity index (χ0n) is 15.2. The van der Waals surface area contributed by atoms with Crippen LogP contribution in [-0.2, 0) is 12.8 Å². The van der Waals surface area contributed by atoms with Crippen molar-refractivity contribution in [3.05, 3.63) is 64.7 Å². The van der Waals surface area contributed by atoms with Crippen LogP contribution in [0.15, 0.2) is 48.5 Å². The Balaban J connectivity index is 1.45. The highest BCUT2D eigenvalue weighted by molar-refractivity contribution is 6.30. The molecule has 138 valence electrons. The molecule has 0 atom stereocenters. The van der Waals surface area contributed by atoms with Gasteiger partial charge >= 0.3 is 6.03 Å². The van der Waals surface area contributed by atoms with Gasteiger partial charge < -0.3 is 10.2 Å². The summed E-state index contributed by atoms with van der Waals surface area (Å²) in [5.41, 5.74) is 3.39. The van der Waals surface area contributed by atoms with Crippen LogP contribution in [0.5, 0.6) is 0 Å². The van der Waals surface area contributed by atoms with Gasteiger partial charge in [-0.15, -0.1) is 0 Å². The average Bonchev–Trinajstić information content (AvgIpc) is 2.68. The molecular weight excluding hydrogens is 346 g/mol. The van der Waals surface area contributed by atoms with Gasteiger partial charge in [0.2, 0.25) is 0 Å². The van der Waals surface area contributed by atoms with E-state index in [1.165, 1.54) is 11.1 Å². The summed E-state index contributed by atoms with van der Waals surface area (Å²) in [4.78, 5) is 16.9. The summed E-state index contributed by atoms with van der Waals surface area (Å²) < 4.78 is 0. The van der Waals surface area contributed by atoms with Crippen LogP contribution in [-0.4, -0.2) is 48.6 Å². The maximum Gasteiger partial charge on any atom is 0.321 e. The molecule has 2 aromatic carbocycles. The van der Waals surface area contributed by atoms with Gasteiger partial charge in [-0.05, 0) is 42.2 Å². The zero-order valence-corrected chi connectivity index (χ0v) is 16.0. The number of nitrogens with one attached hydrogen (secondary N) is 1. The van der Waals surface area contributed by atoms with Gasteiger partial charge in [0, 0.05) is 43.4 Å². The molecule has 1 aliphatic heterocycles. The number of halogens is 1. The number of aryl methyl sites for hydroxylation is 1. The van der Waals surface area contributed by atoms with E-state index in [-0.39, 0.29) is 6.03 Å². The lowest BCUT2D eigenvalue weighted by Crippen LogP contribution is -2.50. The third-order valence-corrected chi connectivity index (χ3v) is 5.18. The number of anilines is 1.